The van der Waals surface area contributed by atoms with E-state index in [1.807, 2.05) is 6.92 Å². The summed E-state index contributed by atoms with van der Waals surface area (Å²) >= 11 is 0. The number of fused-ring (bicyclic) bond motifs is 1. The lowest BCUT2D eigenvalue weighted by Gasteiger charge is -2.25. The van der Waals surface area contributed by atoms with Crippen LogP contribution in [0.5, 0.6) is 0 Å². The third-order valence-corrected chi connectivity index (χ3v) is 3.82. The molecule has 0 saturated heterocycles. The molecule has 0 bridgehead atoms. The normalized spacial score (nSPS) is 23.1. The second-order valence-corrected chi connectivity index (χ2v) is 5.20. The lowest BCUT2D eigenvalue weighted by atomic mass is 10.1. The number of hydrogen-bond acceptors (Lipinski definition) is 4. The van der Waals surface area contributed by atoms with Crippen molar-refractivity contribution in [2.75, 3.05) is 19.8 Å². The molecule has 100 valence electrons. The zero-order chi connectivity index (χ0) is 12.4. The molecule has 1 N–H and O–H groups in total. The van der Waals surface area contributed by atoms with Crippen LogP contribution >= 0.6 is 0 Å². The van der Waals surface area contributed by atoms with E-state index in [1.165, 1.54) is 12.8 Å². The summed E-state index contributed by atoms with van der Waals surface area (Å²) in [5.74, 6) is 3.09. The summed E-state index contributed by atoms with van der Waals surface area (Å²) in [6.07, 6.45) is 4.69. The zero-order valence-electron chi connectivity index (χ0n) is 11.1. The summed E-state index contributed by atoms with van der Waals surface area (Å²) in [5, 5.41) is 12.4. The van der Waals surface area contributed by atoms with Crippen LogP contribution in [0.25, 0.3) is 0 Å². The molecular formula is C13H22N4O. The molecule has 0 spiro atoms. The van der Waals surface area contributed by atoms with Gasteiger partial charge in [0.05, 0.1) is 6.04 Å². The molecule has 2 aliphatic rings. The Hall–Kier alpha value is -0.940. The number of aryl methyl sites for hydroxylation is 1. The highest BCUT2D eigenvalue weighted by Crippen LogP contribution is 2.41. The zero-order valence-corrected chi connectivity index (χ0v) is 11.1. The second kappa shape index (κ2) is 5.36. The Morgan fingerprint density at radius 1 is 1.39 bits per heavy atom. The van der Waals surface area contributed by atoms with Crippen molar-refractivity contribution in [3.05, 3.63) is 11.6 Å². The van der Waals surface area contributed by atoms with E-state index in [4.69, 9.17) is 4.74 Å². The van der Waals surface area contributed by atoms with Gasteiger partial charge in [-0.1, -0.05) is 0 Å². The Morgan fingerprint density at radius 3 is 3.06 bits per heavy atom. The number of hydrogen-bond donors (Lipinski definition) is 1. The van der Waals surface area contributed by atoms with Crippen LogP contribution in [-0.2, 0) is 17.7 Å². The Bertz CT molecular complexity index is 400. The molecule has 0 amide bonds. The molecule has 5 nitrogen and oxygen atoms in total. The average Bonchev–Trinajstić information content (AvgIpc) is 3.16. The molecule has 1 saturated carbocycles. The molecule has 1 fully saturated rings. The number of aromatic nitrogens is 3. The Balaban J connectivity index is 1.65. The van der Waals surface area contributed by atoms with E-state index in [9.17, 15) is 0 Å². The van der Waals surface area contributed by atoms with Crippen LogP contribution in [0.3, 0.4) is 0 Å². The molecule has 18 heavy (non-hydrogen) atoms. The highest BCUT2D eigenvalue weighted by molar-refractivity contribution is 5.08. The molecule has 0 aromatic carbocycles. The maximum absolute atomic E-state index is 5.38. The van der Waals surface area contributed by atoms with E-state index in [0.717, 1.165) is 56.7 Å². The van der Waals surface area contributed by atoms with E-state index in [0.29, 0.717) is 6.04 Å². The van der Waals surface area contributed by atoms with Crippen LogP contribution in [0.1, 0.15) is 43.9 Å². The van der Waals surface area contributed by atoms with Gasteiger partial charge < -0.3 is 14.6 Å². The summed E-state index contributed by atoms with van der Waals surface area (Å²) in [4.78, 5) is 0. The fourth-order valence-corrected chi connectivity index (χ4v) is 2.71. The molecule has 2 heterocycles. The quantitative estimate of drug-likeness (QED) is 0.773. The summed E-state index contributed by atoms with van der Waals surface area (Å²) < 4.78 is 7.70. The van der Waals surface area contributed by atoms with Gasteiger partial charge in [-0.3, -0.25) is 0 Å². The minimum absolute atomic E-state index is 0.451. The molecule has 1 aromatic heterocycles. The van der Waals surface area contributed by atoms with Gasteiger partial charge in [-0.2, -0.15) is 0 Å². The van der Waals surface area contributed by atoms with Crippen molar-refractivity contribution in [2.45, 2.75) is 45.2 Å². The van der Waals surface area contributed by atoms with E-state index >= 15 is 0 Å². The Labute approximate surface area is 108 Å². The van der Waals surface area contributed by atoms with E-state index in [-0.39, 0.29) is 0 Å². The molecule has 1 aliphatic heterocycles. The first kappa shape index (κ1) is 12.1. The van der Waals surface area contributed by atoms with Gasteiger partial charge in [0.1, 0.15) is 5.82 Å². The van der Waals surface area contributed by atoms with Crippen LogP contribution < -0.4 is 5.32 Å². The fourth-order valence-electron chi connectivity index (χ4n) is 2.71. The van der Waals surface area contributed by atoms with Crippen molar-refractivity contribution in [3.8, 4) is 0 Å². The summed E-state index contributed by atoms with van der Waals surface area (Å²) in [5.41, 5.74) is 0. The summed E-state index contributed by atoms with van der Waals surface area (Å²) in [6, 6.07) is 0.451. The maximum Gasteiger partial charge on any atom is 0.150 e. The smallest absolute Gasteiger partial charge is 0.150 e. The van der Waals surface area contributed by atoms with Gasteiger partial charge in [-0.25, -0.2) is 0 Å². The topological polar surface area (TPSA) is 52.0 Å². The maximum atomic E-state index is 5.38. The second-order valence-electron chi connectivity index (χ2n) is 5.20. The van der Waals surface area contributed by atoms with Gasteiger partial charge in [-0.15, -0.1) is 10.2 Å². The van der Waals surface area contributed by atoms with E-state index in [2.05, 4.69) is 20.1 Å². The third kappa shape index (κ3) is 2.42. The molecule has 0 radical (unpaired) electrons. The predicted molar refractivity (Wildman–Crippen MR) is 68.3 cm³/mol. The van der Waals surface area contributed by atoms with Crippen LogP contribution in [0, 0.1) is 5.92 Å². The van der Waals surface area contributed by atoms with Gasteiger partial charge in [0.15, 0.2) is 5.82 Å². The van der Waals surface area contributed by atoms with Crippen molar-refractivity contribution in [1.29, 1.82) is 0 Å². The first-order valence-electron chi connectivity index (χ1n) is 7.13. The van der Waals surface area contributed by atoms with Crippen LogP contribution in [-0.4, -0.2) is 34.5 Å². The first-order valence-corrected chi connectivity index (χ1v) is 7.13. The lowest BCUT2D eigenvalue weighted by molar-refractivity contribution is 0.144. The Kier molecular flexibility index (Phi) is 3.61. The molecule has 5 heteroatoms. The standard InChI is InChI=1S/C13H22N4O/c1-2-18-9-3-4-11-15-16-13-12(10-5-6-10)14-7-8-17(11)13/h10,12,14H,2-9H2,1H3. The van der Waals surface area contributed by atoms with Gasteiger partial charge in [0.2, 0.25) is 0 Å². The number of nitrogens with one attached hydrogen (secondary N) is 1. The van der Waals surface area contributed by atoms with Crippen molar-refractivity contribution in [3.63, 3.8) is 0 Å². The van der Waals surface area contributed by atoms with Gasteiger partial charge in [-0.05, 0) is 32.1 Å². The highest BCUT2D eigenvalue weighted by atomic mass is 16.5. The van der Waals surface area contributed by atoms with Crippen molar-refractivity contribution in [2.24, 2.45) is 5.92 Å². The molecular weight excluding hydrogens is 228 g/mol. The molecule has 1 unspecified atom stereocenters. The van der Waals surface area contributed by atoms with Crippen LogP contribution in [0.4, 0.5) is 0 Å². The summed E-state index contributed by atoms with van der Waals surface area (Å²) in [7, 11) is 0. The van der Waals surface area contributed by atoms with E-state index < -0.39 is 0 Å². The predicted octanol–water partition coefficient (Wildman–Crippen LogP) is 1.30. The molecule has 3 rings (SSSR count). The summed E-state index contributed by atoms with van der Waals surface area (Å²) in [6.45, 7) is 5.71. The van der Waals surface area contributed by atoms with Crippen LogP contribution in [0.2, 0.25) is 0 Å². The minimum atomic E-state index is 0.451. The third-order valence-electron chi connectivity index (χ3n) is 3.82. The molecule has 1 aromatic rings. The van der Waals surface area contributed by atoms with Gasteiger partial charge >= 0.3 is 0 Å². The number of nitrogens with zero attached hydrogens (tertiary/aromatic N) is 3. The fraction of sp³-hybridized carbons (Fsp3) is 0.846. The monoisotopic (exact) mass is 250 g/mol. The van der Waals surface area contributed by atoms with E-state index in [1.54, 1.807) is 0 Å². The van der Waals surface area contributed by atoms with Crippen molar-refractivity contribution >= 4 is 0 Å². The van der Waals surface area contributed by atoms with Crippen molar-refractivity contribution < 1.29 is 4.74 Å². The lowest BCUT2D eigenvalue weighted by Crippen LogP contribution is -2.35. The highest BCUT2D eigenvalue weighted by Gasteiger charge is 2.37. The van der Waals surface area contributed by atoms with Gasteiger partial charge in [0.25, 0.3) is 0 Å². The minimum Gasteiger partial charge on any atom is -0.382 e. The Morgan fingerprint density at radius 2 is 2.28 bits per heavy atom. The largest absolute Gasteiger partial charge is 0.382 e. The molecule has 1 aliphatic carbocycles. The number of ether oxygens (including phenoxy) is 1. The average molecular weight is 250 g/mol. The van der Waals surface area contributed by atoms with Crippen molar-refractivity contribution in [1.82, 2.24) is 20.1 Å². The van der Waals surface area contributed by atoms with Crippen LogP contribution in [0.15, 0.2) is 0 Å². The first-order chi connectivity index (χ1) is 8.90. The van der Waals surface area contributed by atoms with Gasteiger partial charge in [0, 0.05) is 32.7 Å². The SMILES string of the molecule is CCOCCCc1nnc2n1CCNC2C1CC1. The molecule has 1 atom stereocenters. The number of rotatable bonds is 6.